The molecule has 0 aromatic heterocycles. The SMILES string of the molecule is COC(=O)CC(C)(O)CP(C)(=O)OC. The number of rotatable bonds is 5. The first-order valence-electron chi connectivity index (χ1n) is 4.14. The van der Waals surface area contributed by atoms with E-state index in [1.165, 1.54) is 27.8 Å². The van der Waals surface area contributed by atoms with E-state index in [2.05, 4.69) is 4.74 Å². The summed E-state index contributed by atoms with van der Waals surface area (Å²) >= 11 is 0. The van der Waals surface area contributed by atoms with E-state index < -0.39 is 18.9 Å². The maximum atomic E-state index is 11.5. The summed E-state index contributed by atoms with van der Waals surface area (Å²) in [7, 11) is -0.269. The summed E-state index contributed by atoms with van der Waals surface area (Å²) < 4.78 is 20.7. The topological polar surface area (TPSA) is 72.8 Å². The van der Waals surface area contributed by atoms with Crippen LogP contribution in [0.3, 0.4) is 0 Å². The van der Waals surface area contributed by atoms with Gasteiger partial charge in [-0.2, -0.15) is 0 Å². The summed E-state index contributed by atoms with van der Waals surface area (Å²) in [6, 6.07) is 0. The first-order valence-corrected chi connectivity index (χ1v) is 6.39. The lowest BCUT2D eigenvalue weighted by Crippen LogP contribution is -2.32. The summed E-state index contributed by atoms with van der Waals surface area (Å²) in [5, 5.41) is 9.73. The van der Waals surface area contributed by atoms with E-state index in [0.717, 1.165) is 0 Å². The highest BCUT2D eigenvalue weighted by Gasteiger charge is 2.32. The van der Waals surface area contributed by atoms with Crippen LogP contribution in [0.2, 0.25) is 0 Å². The van der Waals surface area contributed by atoms with Crippen molar-refractivity contribution in [2.45, 2.75) is 18.9 Å². The van der Waals surface area contributed by atoms with E-state index in [1.807, 2.05) is 0 Å². The predicted molar refractivity (Wildman–Crippen MR) is 52.7 cm³/mol. The van der Waals surface area contributed by atoms with Crippen LogP contribution < -0.4 is 0 Å². The lowest BCUT2D eigenvalue weighted by atomic mass is 10.1. The highest BCUT2D eigenvalue weighted by atomic mass is 31.2. The van der Waals surface area contributed by atoms with Crippen LogP contribution >= 0.6 is 7.37 Å². The average molecular weight is 224 g/mol. The van der Waals surface area contributed by atoms with Crippen molar-refractivity contribution in [3.05, 3.63) is 0 Å². The Bertz CT molecular complexity index is 248. The Balaban J connectivity index is 4.34. The molecule has 0 heterocycles. The lowest BCUT2D eigenvalue weighted by Gasteiger charge is -2.24. The van der Waals surface area contributed by atoms with Crippen LogP contribution in [0.4, 0.5) is 0 Å². The van der Waals surface area contributed by atoms with Gasteiger partial charge in [-0.15, -0.1) is 0 Å². The molecule has 0 aromatic carbocycles. The standard InChI is InChI=1S/C8H17O5P/c1-8(10,5-7(9)12-2)6-14(4,11)13-3/h10H,5-6H2,1-4H3. The molecule has 0 aliphatic heterocycles. The molecule has 0 amide bonds. The van der Waals surface area contributed by atoms with E-state index >= 15 is 0 Å². The summed E-state index contributed by atoms with van der Waals surface area (Å²) in [6.45, 7) is 2.85. The minimum Gasteiger partial charge on any atom is -0.469 e. The largest absolute Gasteiger partial charge is 0.469 e. The number of ether oxygens (including phenoxy) is 1. The monoisotopic (exact) mass is 224 g/mol. The summed E-state index contributed by atoms with van der Waals surface area (Å²) in [6.07, 6.45) is -0.254. The van der Waals surface area contributed by atoms with Crippen molar-refractivity contribution in [1.29, 1.82) is 0 Å². The van der Waals surface area contributed by atoms with Gasteiger partial charge in [0.05, 0.1) is 25.3 Å². The lowest BCUT2D eigenvalue weighted by molar-refractivity contribution is -0.144. The number of methoxy groups -OCH3 is 1. The molecule has 2 atom stereocenters. The minimum atomic E-state index is -2.82. The molecule has 84 valence electrons. The third kappa shape index (κ3) is 5.37. The average Bonchev–Trinajstić information content (AvgIpc) is 2.01. The smallest absolute Gasteiger partial charge is 0.308 e. The third-order valence-corrected chi connectivity index (χ3v) is 3.79. The number of esters is 1. The molecule has 6 heteroatoms. The molecule has 0 saturated carbocycles. The summed E-state index contributed by atoms with van der Waals surface area (Å²) in [4.78, 5) is 10.9. The quantitative estimate of drug-likeness (QED) is 0.553. The van der Waals surface area contributed by atoms with Crippen LogP contribution in [0.25, 0.3) is 0 Å². The van der Waals surface area contributed by atoms with Crippen molar-refractivity contribution in [2.75, 3.05) is 27.0 Å². The Kier molecular flexibility index (Phi) is 4.78. The zero-order valence-electron chi connectivity index (χ0n) is 8.94. The van der Waals surface area contributed by atoms with Crippen LogP contribution in [0.5, 0.6) is 0 Å². The molecule has 14 heavy (non-hydrogen) atoms. The molecule has 0 rings (SSSR count). The second kappa shape index (κ2) is 4.91. The van der Waals surface area contributed by atoms with Crippen molar-refractivity contribution >= 4 is 13.3 Å². The normalized spacial score (nSPS) is 19.5. The molecule has 1 N–H and O–H groups in total. The summed E-state index contributed by atoms with van der Waals surface area (Å²) in [5.74, 6) is -0.536. The van der Waals surface area contributed by atoms with Crippen molar-refractivity contribution < 1.29 is 23.7 Å². The Hall–Kier alpha value is -0.380. The fourth-order valence-corrected chi connectivity index (χ4v) is 2.60. The van der Waals surface area contributed by atoms with Gasteiger partial charge in [0.2, 0.25) is 7.37 Å². The first kappa shape index (κ1) is 13.6. The molecule has 0 radical (unpaired) electrons. The fourth-order valence-electron chi connectivity index (χ4n) is 1.12. The molecule has 0 aliphatic carbocycles. The molecule has 0 fully saturated rings. The van der Waals surface area contributed by atoms with Gasteiger partial charge in [0.25, 0.3) is 0 Å². The maximum Gasteiger partial charge on any atom is 0.308 e. The highest BCUT2D eigenvalue weighted by Crippen LogP contribution is 2.44. The number of hydrogen-bond acceptors (Lipinski definition) is 5. The van der Waals surface area contributed by atoms with Crippen molar-refractivity contribution in [2.24, 2.45) is 0 Å². The number of hydrogen-bond donors (Lipinski definition) is 1. The van der Waals surface area contributed by atoms with E-state index in [0.29, 0.717) is 0 Å². The Morgan fingerprint density at radius 3 is 2.36 bits per heavy atom. The molecular weight excluding hydrogens is 207 g/mol. The van der Waals surface area contributed by atoms with E-state index in [9.17, 15) is 14.5 Å². The molecular formula is C8H17O5P. The van der Waals surface area contributed by atoms with E-state index in [4.69, 9.17) is 4.52 Å². The van der Waals surface area contributed by atoms with Gasteiger partial charge < -0.3 is 14.4 Å². The minimum absolute atomic E-state index is 0.0639. The number of aliphatic hydroxyl groups is 1. The van der Waals surface area contributed by atoms with Crippen molar-refractivity contribution in [1.82, 2.24) is 0 Å². The molecule has 0 spiro atoms. The van der Waals surface area contributed by atoms with Crippen LogP contribution in [-0.2, 0) is 18.6 Å². The van der Waals surface area contributed by atoms with Crippen LogP contribution in [0.15, 0.2) is 0 Å². The van der Waals surface area contributed by atoms with Gasteiger partial charge in [0.1, 0.15) is 0 Å². The highest BCUT2D eigenvalue weighted by molar-refractivity contribution is 7.58. The molecule has 0 bridgehead atoms. The van der Waals surface area contributed by atoms with Gasteiger partial charge in [-0.1, -0.05) is 0 Å². The van der Waals surface area contributed by atoms with Gasteiger partial charge >= 0.3 is 5.97 Å². The maximum absolute atomic E-state index is 11.5. The van der Waals surface area contributed by atoms with Crippen LogP contribution in [0.1, 0.15) is 13.3 Å². The molecule has 2 unspecified atom stereocenters. The Morgan fingerprint density at radius 1 is 1.50 bits per heavy atom. The van der Waals surface area contributed by atoms with E-state index in [-0.39, 0.29) is 12.6 Å². The Labute approximate surface area is 83.9 Å². The van der Waals surface area contributed by atoms with Gasteiger partial charge in [-0.25, -0.2) is 0 Å². The van der Waals surface area contributed by atoms with Crippen LogP contribution in [0, 0.1) is 0 Å². The predicted octanol–water partition coefficient (Wildman–Crippen LogP) is 0.855. The first-order chi connectivity index (χ1) is 6.22. The van der Waals surface area contributed by atoms with Crippen molar-refractivity contribution in [3.8, 4) is 0 Å². The zero-order valence-corrected chi connectivity index (χ0v) is 9.84. The van der Waals surface area contributed by atoms with Gasteiger partial charge in [0, 0.05) is 13.8 Å². The van der Waals surface area contributed by atoms with Gasteiger partial charge in [0.15, 0.2) is 0 Å². The molecule has 0 saturated heterocycles. The second-order valence-corrected chi connectivity index (χ2v) is 6.31. The molecule has 0 aromatic rings. The second-order valence-electron chi connectivity index (χ2n) is 3.60. The van der Waals surface area contributed by atoms with Crippen LogP contribution in [-0.4, -0.2) is 43.7 Å². The van der Waals surface area contributed by atoms with Gasteiger partial charge in [-0.05, 0) is 6.92 Å². The summed E-state index contributed by atoms with van der Waals surface area (Å²) in [5.41, 5.74) is -1.35. The van der Waals surface area contributed by atoms with E-state index in [1.54, 1.807) is 0 Å². The molecule has 5 nitrogen and oxygen atoms in total. The molecule has 0 aliphatic rings. The zero-order chi connectivity index (χ0) is 11.4. The van der Waals surface area contributed by atoms with Crippen molar-refractivity contribution in [3.63, 3.8) is 0 Å². The number of carbonyl (C=O) groups excluding carboxylic acids is 1. The van der Waals surface area contributed by atoms with Gasteiger partial charge in [-0.3, -0.25) is 9.36 Å². The Morgan fingerprint density at radius 2 is 2.00 bits per heavy atom. The number of carbonyl (C=O) groups is 1. The third-order valence-electron chi connectivity index (χ3n) is 1.77. The fraction of sp³-hybridized carbons (Fsp3) is 0.875.